The molecular formula is C19H16BrN3O2S. The van der Waals surface area contributed by atoms with E-state index in [2.05, 4.69) is 32.8 Å². The van der Waals surface area contributed by atoms with Crippen molar-refractivity contribution in [3.05, 3.63) is 69.7 Å². The quantitative estimate of drug-likeness (QED) is 0.509. The van der Waals surface area contributed by atoms with Crippen LogP contribution >= 0.6 is 27.3 Å². The monoisotopic (exact) mass is 429 g/mol. The Kier molecular flexibility index (Phi) is 5.49. The van der Waals surface area contributed by atoms with Crippen LogP contribution < -0.4 is 5.32 Å². The highest BCUT2D eigenvalue weighted by atomic mass is 79.9. The molecule has 2 aromatic heterocycles. The summed E-state index contributed by atoms with van der Waals surface area (Å²) in [6, 6.07) is 10.5. The van der Waals surface area contributed by atoms with Crippen LogP contribution in [0.2, 0.25) is 0 Å². The molecule has 1 aromatic carbocycles. The molecule has 3 rings (SSSR count). The number of allylic oxidation sites excluding steroid dienone is 1. The summed E-state index contributed by atoms with van der Waals surface area (Å²) in [7, 11) is 0. The Morgan fingerprint density at radius 1 is 1.27 bits per heavy atom. The van der Waals surface area contributed by atoms with Crippen LogP contribution in [-0.4, -0.2) is 21.0 Å². The van der Waals surface area contributed by atoms with Crippen molar-refractivity contribution in [3.63, 3.8) is 0 Å². The van der Waals surface area contributed by atoms with E-state index in [9.17, 15) is 4.79 Å². The molecule has 3 aromatic rings. The third-order valence-electron chi connectivity index (χ3n) is 3.75. The number of thiophene rings is 1. The summed E-state index contributed by atoms with van der Waals surface area (Å²) < 4.78 is 1.02. The molecular weight excluding hydrogens is 414 g/mol. The lowest BCUT2D eigenvalue weighted by molar-refractivity contribution is 0.0697. The Morgan fingerprint density at radius 2 is 2.00 bits per heavy atom. The van der Waals surface area contributed by atoms with E-state index in [0.717, 1.165) is 25.6 Å². The molecule has 5 nitrogen and oxygen atoms in total. The minimum absolute atomic E-state index is 0.241. The molecule has 2 N–H and O–H groups in total. The first-order chi connectivity index (χ1) is 12.5. The molecule has 0 saturated heterocycles. The van der Waals surface area contributed by atoms with Crippen molar-refractivity contribution in [2.75, 3.05) is 5.32 Å². The topological polar surface area (TPSA) is 75.1 Å². The molecule has 132 valence electrons. The predicted octanol–water partition coefficient (Wildman–Crippen LogP) is 5.45. The summed E-state index contributed by atoms with van der Waals surface area (Å²) in [6.45, 7) is 5.76. The van der Waals surface area contributed by atoms with Crippen LogP contribution in [0.5, 0.6) is 0 Å². The van der Waals surface area contributed by atoms with Gasteiger partial charge in [-0.2, -0.15) is 0 Å². The van der Waals surface area contributed by atoms with Crippen LogP contribution in [0.3, 0.4) is 0 Å². The van der Waals surface area contributed by atoms with Gasteiger partial charge in [0.2, 0.25) is 0 Å². The first-order valence-corrected chi connectivity index (χ1v) is 9.43. The van der Waals surface area contributed by atoms with Crippen molar-refractivity contribution in [2.24, 2.45) is 0 Å². The molecule has 0 bridgehead atoms. The fourth-order valence-electron chi connectivity index (χ4n) is 2.47. The second-order valence-electron chi connectivity index (χ2n) is 5.56. The first kappa shape index (κ1) is 18.3. The van der Waals surface area contributed by atoms with Crippen LogP contribution in [0, 0.1) is 6.92 Å². The fourth-order valence-corrected chi connectivity index (χ4v) is 3.79. The zero-order valence-electron chi connectivity index (χ0n) is 14.0. The zero-order chi connectivity index (χ0) is 18.7. The number of halogens is 1. The molecule has 2 heterocycles. The van der Waals surface area contributed by atoms with Crippen molar-refractivity contribution in [3.8, 4) is 10.7 Å². The van der Waals surface area contributed by atoms with E-state index >= 15 is 0 Å². The lowest BCUT2D eigenvalue weighted by atomic mass is 10.1. The van der Waals surface area contributed by atoms with Crippen molar-refractivity contribution in [1.82, 2.24) is 9.97 Å². The molecule has 26 heavy (non-hydrogen) atoms. The number of anilines is 2. The van der Waals surface area contributed by atoms with Gasteiger partial charge in [0.1, 0.15) is 5.82 Å². The molecule has 0 atom stereocenters. The number of carboxylic acid groups (broad SMARTS) is 1. The second-order valence-corrected chi connectivity index (χ2v) is 8.03. The van der Waals surface area contributed by atoms with E-state index < -0.39 is 5.97 Å². The molecule has 7 heteroatoms. The SMILES string of the molecule is C=CCc1c(C)nc(-c2ccc(Br)s2)nc1Nc1ccc(C(=O)O)cc1. The van der Waals surface area contributed by atoms with Gasteiger partial charge < -0.3 is 10.4 Å². The molecule has 0 aliphatic carbocycles. The number of hydrogen-bond donors (Lipinski definition) is 2. The minimum atomic E-state index is -0.952. The summed E-state index contributed by atoms with van der Waals surface area (Å²) in [5.41, 5.74) is 2.84. The van der Waals surface area contributed by atoms with E-state index in [0.29, 0.717) is 18.1 Å². The highest BCUT2D eigenvalue weighted by Gasteiger charge is 2.14. The normalized spacial score (nSPS) is 10.5. The van der Waals surface area contributed by atoms with Crippen LogP contribution in [0.15, 0.2) is 52.8 Å². The number of aryl methyl sites for hydroxylation is 1. The Morgan fingerprint density at radius 3 is 2.58 bits per heavy atom. The van der Waals surface area contributed by atoms with Gasteiger partial charge in [-0.25, -0.2) is 14.8 Å². The predicted molar refractivity (Wildman–Crippen MR) is 108 cm³/mol. The number of benzene rings is 1. The summed E-state index contributed by atoms with van der Waals surface area (Å²) in [5, 5.41) is 12.3. The van der Waals surface area contributed by atoms with Gasteiger partial charge in [-0.3, -0.25) is 0 Å². The molecule has 0 radical (unpaired) electrons. The van der Waals surface area contributed by atoms with Crippen LogP contribution in [0.25, 0.3) is 10.7 Å². The highest BCUT2D eigenvalue weighted by Crippen LogP contribution is 2.32. The third-order valence-corrected chi connectivity index (χ3v) is 5.37. The Balaban J connectivity index is 2.01. The number of aromatic carboxylic acids is 1. The molecule has 0 aliphatic heterocycles. The average Bonchev–Trinajstić information content (AvgIpc) is 3.04. The maximum absolute atomic E-state index is 11.0. The fraction of sp³-hybridized carbons (Fsp3) is 0.105. The number of carboxylic acids is 1. The van der Waals surface area contributed by atoms with Gasteiger partial charge in [0.25, 0.3) is 0 Å². The van der Waals surface area contributed by atoms with E-state index in [1.54, 1.807) is 35.6 Å². The zero-order valence-corrected chi connectivity index (χ0v) is 16.4. The van der Waals surface area contributed by atoms with Crippen LogP contribution in [-0.2, 0) is 6.42 Å². The van der Waals surface area contributed by atoms with Gasteiger partial charge in [0, 0.05) is 16.9 Å². The van der Waals surface area contributed by atoms with Crippen molar-refractivity contribution < 1.29 is 9.90 Å². The Bertz CT molecular complexity index is 967. The van der Waals surface area contributed by atoms with E-state index in [-0.39, 0.29) is 5.56 Å². The van der Waals surface area contributed by atoms with Gasteiger partial charge in [-0.05, 0) is 65.7 Å². The number of carbonyl (C=O) groups is 1. The molecule has 0 saturated carbocycles. The first-order valence-electron chi connectivity index (χ1n) is 7.82. The smallest absolute Gasteiger partial charge is 0.335 e. The number of nitrogens with zero attached hydrogens (tertiary/aromatic N) is 2. The van der Waals surface area contributed by atoms with Crippen LogP contribution in [0.1, 0.15) is 21.6 Å². The third kappa shape index (κ3) is 4.00. The minimum Gasteiger partial charge on any atom is -0.478 e. The molecule has 0 amide bonds. The molecule has 0 spiro atoms. The van der Waals surface area contributed by atoms with Gasteiger partial charge in [-0.15, -0.1) is 17.9 Å². The number of aromatic nitrogens is 2. The molecule has 0 aliphatic rings. The lowest BCUT2D eigenvalue weighted by Gasteiger charge is -2.14. The maximum Gasteiger partial charge on any atom is 0.335 e. The number of hydrogen-bond acceptors (Lipinski definition) is 5. The van der Waals surface area contributed by atoms with Crippen molar-refractivity contribution in [1.29, 1.82) is 0 Å². The second kappa shape index (κ2) is 7.80. The summed E-state index contributed by atoms with van der Waals surface area (Å²) in [5.74, 6) is 0.392. The van der Waals surface area contributed by atoms with Crippen molar-refractivity contribution >= 4 is 44.7 Å². The van der Waals surface area contributed by atoms with Gasteiger partial charge in [-0.1, -0.05) is 6.08 Å². The average molecular weight is 430 g/mol. The lowest BCUT2D eigenvalue weighted by Crippen LogP contribution is -2.05. The van der Waals surface area contributed by atoms with E-state index in [1.165, 1.54) is 0 Å². The summed E-state index contributed by atoms with van der Waals surface area (Å²) >= 11 is 5.03. The number of rotatable bonds is 6. The Hall–Kier alpha value is -2.51. The van der Waals surface area contributed by atoms with Gasteiger partial charge >= 0.3 is 5.97 Å². The standard InChI is InChI=1S/C19H16BrN3O2S/c1-3-4-14-11(2)21-18(15-9-10-16(20)26-15)23-17(14)22-13-7-5-12(6-8-13)19(24)25/h3,5-10H,1,4H2,2H3,(H,24,25)(H,21,22,23). The van der Waals surface area contributed by atoms with E-state index in [4.69, 9.17) is 10.1 Å². The summed E-state index contributed by atoms with van der Waals surface area (Å²) in [4.78, 5) is 21.3. The Labute approximate surface area is 163 Å². The van der Waals surface area contributed by atoms with E-state index in [1.807, 2.05) is 25.1 Å². The van der Waals surface area contributed by atoms with Gasteiger partial charge in [0.15, 0.2) is 5.82 Å². The summed E-state index contributed by atoms with van der Waals surface area (Å²) in [6.07, 6.45) is 2.45. The van der Waals surface area contributed by atoms with Gasteiger partial charge in [0.05, 0.1) is 14.2 Å². The largest absolute Gasteiger partial charge is 0.478 e. The van der Waals surface area contributed by atoms with Crippen LogP contribution in [0.4, 0.5) is 11.5 Å². The molecule has 0 unspecified atom stereocenters. The number of nitrogens with one attached hydrogen (secondary N) is 1. The maximum atomic E-state index is 11.0. The van der Waals surface area contributed by atoms with Crippen molar-refractivity contribution in [2.45, 2.75) is 13.3 Å². The highest BCUT2D eigenvalue weighted by molar-refractivity contribution is 9.11. The molecule has 0 fully saturated rings.